The summed E-state index contributed by atoms with van der Waals surface area (Å²) >= 11 is 0. The van der Waals surface area contributed by atoms with E-state index < -0.39 is 24.3 Å². The van der Waals surface area contributed by atoms with E-state index in [1.807, 2.05) is 0 Å². The summed E-state index contributed by atoms with van der Waals surface area (Å²) in [5.74, 6) is -2.04. The fourth-order valence-corrected chi connectivity index (χ4v) is 1.73. The molecular formula is C12H11F3N3O3+. The van der Waals surface area contributed by atoms with Crippen molar-refractivity contribution in [2.75, 3.05) is 7.05 Å². The Morgan fingerprint density at radius 2 is 1.95 bits per heavy atom. The molecule has 0 aliphatic carbocycles. The topological polar surface area (TPSA) is 70.2 Å². The van der Waals surface area contributed by atoms with Crippen LogP contribution >= 0.6 is 0 Å². The summed E-state index contributed by atoms with van der Waals surface area (Å²) in [4.78, 5) is 23.1. The maximum atomic E-state index is 12.3. The Labute approximate surface area is 116 Å². The highest BCUT2D eigenvalue weighted by Gasteiger charge is 2.42. The third-order valence-corrected chi connectivity index (χ3v) is 2.73. The average Bonchev–Trinajstić information content (AvgIpc) is 2.79. The number of halogens is 3. The van der Waals surface area contributed by atoms with Gasteiger partial charge in [-0.1, -0.05) is 18.2 Å². The molecule has 0 saturated carbocycles. The first-order valence-electron chi connectivity index (χ1n) is 5.81. The van der Waals surface area contributed by atoms with Crippen molar-refractivity contribution in [1.29, 1.82) is 0 Å². The van der Waals surface area contributed by atoms with Crippen LogP contribution in [0.5, 0.6) is 0 Å². The number of hydrogen-bond acceptors (Lipinski definition) is 3. The third kappa shape index (κ3) is 3.12. The van der Waals surface area contributed by atoms with Crippen LogP contribution < -0.4 is 10.3 Å². The lowest BCUT2D eigenvalue weighted by molar-refractivity contribution is -0.678. The standard InChI is InChI=1S/C12H10F3N3O3/c1-17(11(20)12(13,14)15)7-9-10(19)21-16-18(9)8-5-3-2-4-6-8/h2-6H,7H2,1H3/p+1. The zero-order valence-electron chi connectivity index (χ0n) is 10.8. The number of alkyl halides is 3. The van der Waals surface area contributed by atoms with Gasteiger partial charge in [0.25, 0.3) is 0 Å². The van der Waals surface area contributed by atoms with Gasteiger partial charge in [0.15, 0.2) is 0 Å². The number of carbonyl (C=O) groups excluding carboxylic acids is 1. The van der Waals surface area contributed by atoms with Gasteiger partial charge in [0, 0.05) is 19.2 Å². The highest BCUT2D eigenvalue weighted by atomic mass is 19.4. The van der Waals surface area contributed by atoms with E-state index in [9.17, 15) is 22.8 Å². The van der Waals surface area contributed by atoms with Gasteiger partial charge in [0.05, 0.1) is 0 Å². The molecular weight excluding hydrogens is 291 g/mol. The number of aromatic amines is 1. The number of para-hydroxylation sites is 1. The predicted octanol–water partition coefficient (Wildman–Crippen LogP) is 0.765. The average molecular weight is 302 g/mol. The molecule has 1 aromatic heterocycles. The summed E-state index contributed by atoms with van der Waals surface area (Å²) in [6.45, 7) is -0.543. The van der Waals surface area contributed by atoms with Crippen molar-refractivity contribution < 1.29 is 27.2 Å². The summed E-state index contributed by atoms with van der Waals surface area (Å²) in [6, 6.07) is 8.35. The molecule has 0 unspecified atom stereocenters. The zero-order valence-corrected chi connectivity index (χ0v) is 10.8. The van der Waals surface area contributed by atoms with Crippen LogP contribution in [0.3, 0.4) is 0 Å². The molecule has 2 rings (SSSR count). The smallest absolute Gasteiger partial charge is 0.327 e. The molecule has 0 radical (unpaired) electrons. The van der Waals surface area contributed by atoms with Crippen LogP contribution in [0.15, 0.2) is 39.6 Å². The number of aromatic nitrogens is 2. The van der Waals surface area contributed by atoms with Crippen LogP contribution in [0.1, 0.15) is 5.69 Å². The van der Waals surface area contributed by atoms with Gasteiger partial charge in [0.1, 0.15) is 6.54 Å². The SMILES string of the molecule is CN(Cc1c(=O)o[nH][n+]1-c1ccccc1)C(=O)C(F)(F)F. The van der Waals surface area contributed by atoms with E-state index in [1.54, 1.807) is 30.3 Å². The lowest BCUT2D eigenvalue weighted by Gasteiger charge is -2.15. The molecule has 1 N–H and O–H groups in total. The van der Waals surface area contributed by atoms with E-state index in [4.69, 9.17) is 0 Å². The lowest BCUT2D eigenvalue weighted by Crippen LogP contribution is -2.44. The van der Waals surface area contributed by atoms with Crippen molar-refractivity contribution in [3.8, 4) is 5.69 Å². The minimum atomic E-state index is -5.00. The summed E-state index contributed by atoms with van der Waals surface area (Å²) in [7, 11) is 0.956. The van der Waals surface area contributed by atoms with Gasteiger partial charge in [-0.3, -0.25) is 9.32 Å². The highest BCUT2D eigenvalue weighted by Crippen LogP contribution is 2.18. The van der Waals surface area contributed by atoms with Crippen LogP contribution in [0, 0.1) is 0 Å². The first-order chi connectivity index (χ1) is 9.80. The molecule has 0 aliphatic heterocycles. The van der Waals surface area contributed by atoms with E-state index in [1.165, 1.54) is 4.68 Å². The fourth-order valence-electron chi connectivity index (χ4n) is 1.73. The first kappa shape index (κ1) is 14.8. The monoisotopic (exact) mass is 302 g/mol. The normalized spacial score (nSPS) is 11.4. The molecule has 0 aliphatic rings. The molecule has 0 saturated heterocycles. The maximum Gasteiger partial charge on any atom is 0.471 e. The lowest BCUT2D eigenvalue weighted by atomic mass is 10.3. The molecule has 1 aromatic carbocycles. The van der Waals surface area contributed by atoms with Gasteiger partial charge < -0.3 is 4.90 Å². The van der Waals surface area contributed by atoms with Crippen LogP contribution in [0.25, 0.3) is 5.69 Å². The van der Waals surface area contributed by atoms with Gasteiger partial charge in [0.2, 0.25) is 5.69 Å². The number of rotatable bonds is 3. The van der Waals surface area contributed by atoms with Gasteiger partial charge in [-0.15, -0.1) is 0 Å². The molecule has 0 spiro atoms. The van der Waals surface area contributed by atoms with Crippen molar-refractivity contribution in [3.05, 3.63) is 46.4 Å². The highest BCUT2D eigenvalue weighted by molar-refractivity contribution is 5.81. The molecule has 0 fully saturated rings. The maximum absolute atomic E-state index is 12.3. The van der Waals surface area contributed by atoms with E-state index in [2.05, 4.69) is 9.79 Å². The van der Waals surface area contributed by atoms with E-state index in [0.29, 0.717) is 10.6 Å². The van der Waals surface area contributed by atoms with Crippen molar-refractivity contribution in [2.24, 2.45) is 0 Å². The van der Waals surface area contributed by atoms with Crippen LogP contribution in [0.4, 0.5) is 13.2 Å². The Kier molecular flexibility index (Phi) is 3.83. The number of carbonyl (C=O) groups is 1. The first-order valence-corrected chi connectivity index (χ1v) is 5.81. The minimum absolute atomic E-state index is 0.124. The summed E-state index contributed by atoms with van der Waals surface area (Å²) in [6.07, 6.45) is -5.00. The number of nitrogens with one attached hydrogen (secondary N) is 1. The van der Waals surface area contributed by atoms with Crippen LogP contribution in [0.2, 0.25) is 0 Å². The number of nitrogens with zero attached hydrogens (tertiary/aromatic N) is 2. The second-order valence-electron chi connectivity index (χ2n) is 4.26. The summed E-state index contributed by atoms with van der Waals surface area (Å²) in [5.41, 5.74) is -0.479. The third-order valence-electron chi connectivity index (χ3n) is 2.73. The molecule has 112 valence electrons. The predicted molar refractivity (Wildman–Crippen MR) is 63.4 cm³/mol. The minimum Gasteiger partial charge on any atom is -0.327 e. The summed E-state index contributed by atoms with van der Waals surface area (Å²) < 4.78 is 42.8. The van der Waals surface area contributed by atoms with E-state index in [-0.39, 0.29) is 5.69 Å². The van der Waals surface area contributed by atoms with Crippen molar-refractivity contribution in [1.82, 2.24) is 10.2 Å². The van der Waals surface area contributed by atoms with Gasteiger partial charge >= 0.3 is 23.4 Å². The molecule has 6 nitrogen and oxygen atoms in total. The Morgan fingerprint density at radius 3 is 2.52 bits per heavy atom. The van der Waals surface area contributed by atoms with E-state index in [0.717, 1.165) is 7.05 Å². The molecule has 0 bridgehead atoms. The van der Waals surface area contributed by atoms with Gasteiger partial charge in [-0.05, 0) is 9.95 Å². The molecule has 9 heteroatoms. The molecule has 2 aromatic rings. The van der Waals surface area contributed by atoms with E-state index >= 15 is 0 Å². The molecule has 0 atom stereocenters. The largest absolute Gasteiger partial charge is 0.471 e. The number of benzene rings is 1. The number of hydrogen-bond donors (Lipinski definition) is 1. The Hall–Kier alpha value is -2.58. The Bertz CT molecular complexity index is 691. The van der Waals surface area contributed by atoms with Crippen molar-refractivity contribution in [2.45, 2.75) is 12.7 Å². The van der Waals surface area contributed by atoms with Crippen molar-refractivity contribution in [3.63, 3.8) is 0 Å². The second kappa shape index (κ2) is 5.43. The fraction of sp³-hybridized carbons (Fsp3) is 0.250. The Balaban J connectivity index is 2.32. The molecule has 21 heavy (non-hydrogen) atoms. The second-order valence-corrected chi connectivity index (χ2v) is 4.26. The zero-order chi connectivity index (χ0) is 15.6. The molecule has 1 heterocycles. The number of H-pyrrole nitrogens is 1. The van der Waals surface area contributed by atoms with Gasteiger partial charge in [-0.2, -0.15) is 13.2 Å². The van der Waals surface area contributed by atoms with Crippen molar-refractivity contribution >= 4 is 5.91 Å². The van der Waals surface area contributed by atoms with Gasteiger partial charge in [-0.25, -0.2) is 4.79 Å². The summed E-state index contributed by atoms with van der Waals surface area (Å²) in [5, 5.41) is 2.28. The van der Waals surface area contributed by atoms with Crippen LogP contribution in [-0.2, 0) is 11.3 Å². The number of amides is 1. The Morgan fingerprint density at radius 1 is 1.33 bits per heavy atom. The molecule has 1 amide bonds. The van der Waals surface area contributed by atoms with Crippen LogP contribution in [-0.4, -0.2) is 29.3 Å². The quantitative estimate of drug-likeness (QED) is 0.851.